The Labute approximate surface area is 129 Å². The summed E-state index contributed by atoms with van der Waals surface area (Å²) in [6, 6.07) is 11.1. The molecule has 0 heterocycles. The number of benzene rings is 2. The van der Waals surface area contributed by atoms with E-state index in [1.165, 1.54) is 0 Å². The van der Waals surface area contributed by atoms with Crippen molar-refractivity contribution in [2.24, 2.45) is 0 Å². The second-order valence-corrected chi connectivity index (χ2v) is 5.62. The van der Waals surface area contributed by atoms with Gasteiger partial charge in [0.05, 0.1) is 11.1 Å². The van der Waals surface area contributed by atoms with E-state index in [1.54, 1.807) is 12.1 Å². The molecule has 0 aliphatic carbocycles. The maximum Gasteiger partial charge on any atom is 0.141 e. The standard InChI is InChI=1S/C14H13Br2NO2/c1-2-18-11-6-10(17)7-12(8-11)19-14-4-3-9(15)5-13(14)16/h3-8H,2,17H2,1H3. The Morgan fingerprint density at radius 2 is 1.79 bits per heavy atom. The first-order valence-electron chi connectivity index (χ1n) is 5.74. The van der Waals surface area contributed by atoms with Gasteiger partial charge in [-0.15, -0.1) is 0 Å². The molecule has 0 fully saturated rings. The lowest BCUT2D eigenvalue weighted by Gasteiger charge is -2.11. The number of rotatable bonds is 4. The molecule has 2 rings (SSSR count). The minimum atomic E-state index is 0.588. The Hall–Kier alpha value is -1.20. The van der Waals surface area contributed by atoms with Crippen molar-refractivity contribution in [3.05, 3.63) is 45.3 Å². The van der Waals surface area contributed by atoms with Gasteiger partial charge in [-0.25, -0.2) is 0 Å². The number of nitrogen functional groups attached to an aromatic ring is 1. The van der Waals surface area contributed by atoms with Crippen molar-refractivity contribution < 1.29 is 9.47 Å². The second-order valence-electron chi connectivity index (χ2n) is 3.85. The summed E-state index contributed by atoms with van der Waals surface area (Å²) < 4.78 is 13.1. The second kappa shape index (κ2) is 6.30. The molecule has 0 radical (unpaired) electrons. The Bertz CT molecular complexity index is 588. The van der Waals surface area contributed by atoms with Crippen molar-refractivity contribution in [1.29, 1.82) is 0 Å². The number of nitrogens with two attached hydrogens (primary N) is 1. The van der Waals surface area contributed by atoms with E-state index in [2.05, 4.69) is 31.9 Å². The molecule has 0 atom stereocenters. The molecule has 2 aromatic carbocycles. The minimum absolute atomic E-state index is 0.588. The molecule has 3 nitrogen and oxygen atoms in total. The van der Waals surface area contributed by atoms with Gasteiger partial charge in [-0.1, -0.05) is 15.9 Å². The molecule has 2 N–H and O–H groups in total. The van der Waals surface area contributed by atoms with Crippen LogP contribution in [0.1, 0.15) is 6.92 Å². The fourth-order valence-corrected chi connectivity index (χ4v) is 2.72. The summed E-state index contributed by atoms with van der Waals surface area (Å²) in [5.41, 5.74) is 6.43. The smallest absolute Gasteiger partial charge is 0.141 e. The van der Waals surface area contributed by atoms with Gasteiger partial charge in [0.15, 0.2) is 0 Å². The summed E-state index contributed by atoms with van der Waals surface area (Å²) in [7, 11) is 0. The minimum Gasteiger partial charge on any atom is -0.494 e. The molecule has 0 saturated carbocycles. The van der Waals surface area contributed by atoms with Gasteiger partial charge in [0.25, 0.3) is 0 Å². The van der Waals surface area contributed by atoms with E-state index < -0.39 is 0 Å². The van der Waals surface area contributed by atoms with Crippen LogP contribution >= 0.6 is 31.9 Å². The summed E-state index contributed by atoms with van der Waals surface area (Å²) in [6.45, 7) is 2.51. The molecular weight excluding hydrogens is 374 g/mol. The van der Waals surface area contributed by atoms with Crippen molar-refractivity contribution in [2.45, 2.75) is 6.92 Å². The average molecular weight is 387 g/mol. The maximum absolute atomic E-state index is 5.83. The summed E-state index contributed by atoms with van der Waals surface area (Å²) in [6.07, 6.45) is 0. The lowest BCUT2D eigenvalue weighted by Crippen LogP contribution is -1.95. The predicted molar refractivity (Wildman–Crippen MR) is 83.9 cm³/mol. The lowest BCUT2D eigenvalue weighted by atomic mass is 10.3. The number of ether oxygens (including phenoxy) is 2. The molecule has 0 unspecified atom stereocenters. The lowest BCUT2D eigenvalue weighted by molar-refractivity contribution is 0.338. The molecule has 0 spiro atoms. The topological polar surface area (TPSA) is 44.5 Å². The fraction of sp³-hybridized carbons (Fsp3) is 0.143. The molecule has 5 heteroatoms. The Balaban J connectivity index is 2.27. The van der Waals surface area contributed by atoms with Gasteiger partial charge in [-0.2, -0.15) is 0 Å². The first-order valence-corrected chi connectivity index (χ1v) is 7.33. The summed E-state index contributed by atoms with van der Waals surface area (Å²) >= 11 is 6.85. The van der Waals surface area contributed by atoms with Gasteiger partial charge in [0.1, 0.15) is 17.2 Å². The molecule has 0 aromatic heterocycles. The summed E-state index contributed by atoms with van der Waals surface area (Å²) in [5.74, 6) is 2.06. The van der Waals surface area contributed by atoms with E-state index in [9.17, 15) is 0 Å². The van der Waals surface area contributed by atoms with Crippen molar-refractivity contribution in [3.63, 3.8) is 0 Å². The Morgan fingerprint density at radius 1 is 1.05 bits per heavy atom. The first-order chi connectivity index (χ1) is 9.08. The van der Waals surface area contributed by atoms with Crippen molar-refractivity contribution >= 4 is 37.5 Å². The zero-order valence-corrected chi connectivity index (χ0v) is 13.5. The van der Waals surface area contributed by atoms with Gasteiger partial charge in [-0.3, -0.25) is 0 Å². The molecule has 0 aliphatic heterocycles. The Morgan fingerprint density at radius 3 is 2.47 bits per heavy atom. The van der Waals surface area contributed by atoms with Crippen LogP contribution < -0.4 is 15.2 Å². The SMILES string of the molecule is CCOc1cc(N)cc(Oc2ccc(Br)cc2Br)c1. The van der Waals surface area contributed by atoms with Crippen molar-refractivity contribution in [3.8, 4) is 17.2 Å². The van der Waals surface area contributed by atoms with Crippen LogP contribution in [0.5, 0.6) is 17.2 Å². The largest absolute Gasteiger partial charge is 0.494 e. The fourth-order valence-electron chi connectivity index (χ4n) is 1.59. The van der Waals surface area contributed by atoms with Crippen LogP contribution in [0, 0.1) is 0 Å². The zero-order valence-electron chi connectivity index (χ0n) is 10.3. The van der Waals surface area contributed by atoms with Crippen molar-refractivity contribution in [2.75, 3.05) is 12.3 Å². The normalized spacial score (nSPS) is 10.3. The van der Waals surface area contributed by atoms with E-state index in [4.69, 9.17) is 15.2 Å². The quantitative estimate of drug-likeness (QED) is 0.753. The number of hydrogen-bond donors (Lipinski definition) is 1. The van der Waals surface area contributed by atoms with Crippen LogP contribution in [0.15, 0.2) is 45.3 Å². The number of hydrogen-bond acceptors (Lipinski definition) is 3. The van der Waals surface area contributed by atoms with E-state index in [-0.39, 0.29) is 0 Å². The van der Waals surface area contributed by atoms with E-state index in [1.807, 2.05) is 31.2 Å². The van der Waals surface area contributed by atoms with E-state index in [0.717, 1.165) is 14.7 Å². The van der Waals surface area contributed by atoms with E-state index >= 15 is 0 Å². The number of halogens is 2. The molecule has 0 bridgehead atoms. The van der Waals surface area contributed by atoms with Gasteiger partial charge >= 0.3 is 0 Å². The molecule has 100 valence electrons. The zero-order chi connectivity index (χ0) is 13.8. The van der Waals surface area contributed by atoms with Crippen LogP contribution in [-0.2, 0) is 0 Å². The highest BCUT2D eigenvalue weighted by molar-refractivity contribution is 9.11. The van der Waals surface area contributed by atoms with Crippen LogP contribution in [0.2, 0.25) is 0 Å². The van der Waals surface area contributed by atoms with Crippen LogP contribution in [0.4, 0.5) is 5.69 Å². The molecular formula is C14H13Br2NO2. The monoisotopic (exact) mass is 385 g/mol. The highest BCUT2D eigenvalue weighted by Crippen LogP contribution is 2.34. The van der Waals surface area contributed by atoms with Gasteiger partial charge in [-0.05, 0) is 41.1 Å². The Kier molecular flexibility index (Phi) is 4.71. The third-order valence-corrected chi connectivity index (χ3v) is 3.45. The predicted octanol–water partition coefficient (Wildman–Crippen LogP) is 4.98. The van der Waals surface area contributed by atoms with Gasteiger partial charge in [0, 0.05) is 28.4 Å². The van der Waals surface area contributed by atoms with Crippen LogP contribution in [0.3, 0.4) is 0 Å². The maximum atomic E-state index is 5.83. The van der Waals surface area contributed by atoms with Gasteiger partial charge < -0.3 is 15.2 Å². The molecule has 2 aromatic rings. The van der Waals surface area contributed by atoms with Crippen molar-refractivity contribution in [1.82, 2.24) is 0 Å². The average Bonchev–Trinajstić information content (AvgIpc) is 2.32. The molecule has 19 heavy (non-hydrogen) atoms. The van der Waals surface area contributed by atoms with Gasteiger partial charge in [0.2, 0.25) is 0 Å². The first kappa shape index (κ1) is 14.2. The molecule has 0 amide bonds. The third-order valence-electron chi connectivity index (χ3n) is 2.34. The van der Waals surface area contributed by atoms with Crippen LogP contribution in [0.25, 0.3) is 0 Å². The summed E-state index contributed by atoms with van der Waals surface area (Å²) in [4.78, 5) is 0. The number of anilines is 1. The molecule has 0 saturated heterocycles. The van der Waals surface area contributed by atoms with E-state index in [0.29, 0.717) is 23.8 Å². The highest BCUT2D eigenvalue weighted by atomic mass is 79.9. The molecule has 0 aliphatic rings. The summed E-state index contributed by atoms with van der Waals surface area (Å²) in [5, 5.41) is 0. The highest BCUT2D eigenvalue weighted by Gasteiger charge is 2.06. The van der Waals surface area contributed by atoms with Crippen LogP contribution in [-0.4, -0.2) is 6.61 Å². The third kappa shape index (κ3) is 3.88.